The van der Waals surface area contributed by atoms with Crippen LogP contribution < -0.4 is 0 Å². The molecule has 7 aromatic carbocycles. The average Bonchev–Trinajstić information content (AvgIpc) is 3.55. The summed E-state index contributed by atoms with van der Waals surface area (Å²) in [6, 6.07) is 57.1. The van der Waals surface area contributed by atoms with Crippen LogP contribution in [0.3, 0.4) is 0 Å². The van der Waals surface area contributed by atoms with E-state index in [0.717, 1.165) is 45.0 Å². The minimum atomic E-state index is 0.915. The first kappa shape index (κ1) is 28.9. The average molecular weight is 628 g/mol. The number of hydrogen-bond acceptors (Lipinski definition) is 2. The topological polar surface area (TPSA) is 26.0 Å². The number of fused-ring (bicyclic) bond motifs is 4. The molecule has 2 bridgehead atoms. The Balaban J connectivity index is 1.24. The van der Waals surface area contributed by atoms with Gasteiger partial charge in [-0.15, -0.1) is 0 Å². The molecule has 49 heavy (non-hydrogen) atoms. The van der Waals surface area contributed by atoms with E-state index in [9.17, 15) is 0 Å². The highest BCUT2D eigenvalue weighted by molar-refractivity contribution is 6.14. The number of pyridine rings is 1. The van der Waals surface area contributed by atoms with Gasteiger partial charge in [0.1, 0.15) is 11.2 Å². The van der Waals surface area contributed by atoms with E-state index in [4.69, 9.17) is 4.42 Å². The summed E-state index contributed by atoms with van der Waals surface area (Å²) in [6.45, 7) is 2.21. The molecule has 0 atom stereocenters. The lowest BCUT2D eigenvalue weighted by Crippen LogP contribution is -1.89. The van der Waals surface area contributed by atoms with E-state index in [1.165, 1.54) is 54.9 Å². The molecule has 9 rings (SSSR count). The minimum absolute atomic E-state index is 0.915. The predicted molar refractivity (Wildman–Crippen MR) is 206 cm³/mol. The summed E-state index contributed by atoms with van der Waals surface area (Å²) in [7, 11) is 0. The lowest BCUT2D eigenvalue weighted by molar-refractivity contribution is 0.670. The normalized spacial score (nSPS) is 11.4. The Kier molecular flexibility index (Phi) is 7.13. The molecule has 0 saturated carbocycles. The van der Waals surface area contributed by atoms with Crippen LogP contribution in [0.5, 0.6) is 0 Å². The van der Waals surface area contributed by atoms with Gasteiger partial charge in [-0.05, 0) is 103 Å². The molecule has 2 heteroatoms. The van der Waals surface area contributed by atoms with Crippen LogP contribution >= 0.6 is 0 Å². The Morgan fingerprint density at radius 3 is 1.78 bits per heavy atom. The van der Waals surface area contributed by atoms with Gasteiger partial charge < -0.3 is 4.42 Å². The van der Waals surface area contributed by atoms with Gasteiger partial charge in [-0.1, -0.05) is 134 Å². The summed E-state index contributed by atoms with van der Waals surface area (Å²) < 4.78 is 6.39. The van der Waals surface area contributed by atoms with Gasteiger partial charge in [0.25, 0.3) is 0 Å². The summed E-state index contributed by atoms with van der Waals surface area (Å²) in [4.78, 5) is 4.19. The second-order valence-corrected chi connectivity index (χ2v) is 12.6. The fourth-order valence-electron chi connectivity index (χ4n) is 7.18. The zero-order valence-corrected chi connectivity index (χ0v) is 27.2. The first-order valence-corrected chi connectivity index (χ1v) is 16.9. The van der Waals surface area contributed by atoms with Gasteiger partial charge in [0, 0.05) is 28.7 Å². The largest absolute Gasteiger partial charge is 0.455 e. The van der Waals surface area contributed by atoms with Gasteiger partial charge in [-0.3, -0.25) is 4.98 Å². The highest BCUT2D eigenvalue weighted by Gasteiger charge is 2.15. The fraction of sp³-hybridized carbons (Fsp3) is 0.0426. The third kappa shape index (κ3) is 5.19. The summed E-state index contributed by atoms with van der Waals surface area (Å²) in [6.07, 6.45) is 4.66. The molecule has 0 aliphatic rings. The van der Waals surface area contributed by atoms with E-state index >= 15 is 0 Å². The van der Waals surface area contributed by atoms with Crippen LogP contribution in [-0.2, 0) is 6.42 Å². The summed E-state index contributed by atoms with van der Waals surface area (Å²) in [5, 5.41) is 7.21. The van der Waals surface area contributed by atoms with E-state index in [1.54, 1.807) is 0 Å². The number of rotatable bonds is 5. The van der Waals surface area contributed by atoms with Crippen LogP contribution in [0.1, 0.15) is 12.5 Å². The van der Waals surface area contributed by atoms with Crippen molar-refractivity contribution in [3.05, 3.63) is 176 Å². The van der Waals surface area contributed by atoms with E-state index in [2.05, 4.69) is 158 Å². The van der Waals surface area contributed by atoms with Gasteiger partial charge in [0.15, 0.2) is 0 Å². The number of aromatic nitrogens is 1. The molecule has 0 saturated heterocycles. The third-order valence-corrected chi connectivity index (χ3v) is 9.79. The van der Waals surface area contributed by atoms with Gasteiger partial charge in [-0.25, -0.2) is 0 Å². The summed E-state index contributed by atoms with van der Waals surface area (Å²) in [5.74, 6) is 0. The maximum atomic E-state index is 6.39. The van der Waals surface area contributed by atoms with Crippen molar-refractivity contribution in [2.45, 2.75) is 13.3 Å². The Morgan fingerprint density at radius 1 is 0.429 bits per heavy atom. The Labute approximate surface area is 285 Å². The monoisotopic (exact) mass is 627 g/mol. The highest BCUT2D eigenvalue weighted by Crippen LogP contribution is 2.41. The first-order valence-electron chi connectivity index (χ1n) is 16.9. The first-order chi connectivity index (χ1) is 24.2. The Bertz CT molecular complexity index is 2670. The van der Waals surface area contributed by atoms with E-state index in [-0.39, 0.29) is 0 Å². The molecule has 0 amide bonds. The highest BCUT2D eigenvalue weighted by atomic mass is 16.3. The van der Waals surface area contributed by atoms with Gasteiger partial charge >= 0.3 is 0 Å². The molecule has 0 N–H and O–H groups in total. The molecule has 0 aliphatic heterocycles. The van der Waals surface area contributed by atoms with Crippen molar-refractivity contribution in [2.24, 2.45) is 0 Å². The standard InChI is InChI=1S/C47H33NO/c1-2-31-7-5-8-32-14-24-40-43(36-17-15-33(16-18-36)34-25-27-48-28-26-34)30-44(39(23-13-31)45(40)29-32)37-21-19-35(20-22-37)38-10-6-11-42-41-9-3-4-12-46(41)49-47(38)42/h3-30H,2H2,1H3. The molecule has 0 spiro atoms. The number of furan rings is 1. The zero-order valence-electron chi connectivity index (χ0n) is 27.2. The lowest BCUT2D eigenvalue weighted by atomic mass is 9.88. The molecule has 2 nitrogen and oxygen atoms in total. The predicted octanol–water partition coefficient (Wildman–Crippen LogP) is 13.1. The lowest BCUT2D eigenvalue weighted by Gasteiger charge is -2.15. The Hall–Kier alpha value is -6.25. The third-order valence-electron chi connectivity index (χ3n) is 9.79. The smallest absolute Gasteiger partial charge is 0.143 e. The second-order valence-electron chi connectivity index (χ2n) is 12.6. The van der Waals surface area contributed by atoms with Crippen LogP contribution in [0.25, 0.3) is 88.0 Å². The molecular weight excluding hydrogens is 595 g/mol. The van der Waals surface area contributed by atoms with Gasteiger partial charge in [0.05, 0.1) is 0 Å². The van der Waals surface area contributed by atoms with Crippen molar-refractivity contribution in [1.82, 2.24) is 4.98 Å². The maximum absolute atomic E-state index is 6.39. The minimum Gasteiger partial charge on any atom is -0.455 e. The van der Waals surface area contributed by atoms with Crippen molar-refractivity contribution in [3.63, 3.8) is 0 Å². The Morgan fingerprint density at radius 2 is 1.04 bits per heavy atom. The number of para-hydroxylation sites is 2. The molecule has 2 aromatic heterocycles. The fourth-order valence-corrected chi connectivity index (χ4v) is 7.18. The van der Waals surface area contributed by atoms with E-state index in [1.807, 2.05) is 24.5 Å². The number of nitrogens with zero attached hydrogens (tertiary/aromatic N) is 1. The summed E-state index contributed by atoms with van der Waals surface area (Å²) >= 11 is 0. The number of aryl methyl sites for hydroxylation is 1. The number of hydrogen-bond donors (Lipinski definition) is 0. The maximum Gasteiger partial charge on any atom is 0.143 e. The molecule has 0 radical (unpaired) electrons. The molecule has 0 aliphatic carbocycles. The zero-order chi connectivity index (χ0) is 32.7. The molecule has 2 heterocycles. The van der Waals surface area contributed by atoms with Crippen molar-refractivity contribution in [1.29, 1.82) is 0 Å². The van der Waals surface area contributed by atoms with Crippen molar-refractivity contribution in [2.75, 3.05) is 0 Å². The van der Waals surface area contributed by atoms with Crippen LogP contribution in [0.2, 0.25) is 0 Å². The molecular formula is C47H33NO. The quantitative estimate of drug-likeness (QED) is 0.190. The van der Waals surface area contributed by atoms with Crippen molar-refractivity contribution >= 4 is 43.5 Å². The van der Waals surface area contributed by atoms with Crippen molar-refractivity contribution < 1.29 is 4.42 Å². The van der Waals surface area contributed by atoms with Crippen LogP contribution in [0.15, 0.2) is 175 Å². The van der Waals surface area contributed by atoms with Gasteiger partial charge in [0.2, 0.25) is 0 Å². The summed E-state index contributed by atoms with van der Waals surface area (Å²) in [5.41, 5.74) is 12.5. The van der Waals surface area contributed by atoms with E-state index < -0.39 is 0 Å². The van der Waals surface area contributed by atoms with Crippen LogP contribution in [-0.4, -0.2) is 4.98 Å². The van der Waals surface area contributed by atoms with Crippen LogP contribution in [0, 0.1) is 0 Å². The van der Waals surface area contributed by atoms with Gasteiger partial charge in [-0.2, -0.15) is 0 Å². The van der Waals surface area contributed by atoms with Crippen LogP contribution in [0.4, 0.5) is 0 Å². The van der Waals surface area contributed by atoms with E-state index in [0.29, 0.717) is 0 Å². The second kappa shape index (κ2) is 12.1. The molecule has 0 unspecified atom stereocenters. The van der Waals surface area contributed by atoms with Crippen molar-refractivity contribution in [3.8, 4) is 44.5 Å². The number of benzene rings is 6. The molecule has 9 aromatic rings. The SMILES string of the molecule is CCc1cccc2ccc3c(-c4ccc(-c5ccncc5)cc4)cc(-c4ccc(-c5cccc6c5oc5ccccc56)cc4)c(cc1)c3c2. The molecule has 232 valence electrons. The molecule has 0 fully saturated rings.